The van der Waals surface area contributed by atoms with E-state index in [-0.39, 0.29) is 23.5 Å². The Morgan fingerprint density at radius 1 is 0.774 bits per heavy atom. The summed E-state index contributed by atoms with van der Waals surface area (Å²) in [4.78, 5) is 20.7. The Morgan fingerprint density at radius 2 is 1.29 bits per heavy atom. The summed E-state index contributed by atoms with van der Waals surface area (Å²) in [5.41, 5.74) is 2.04. The average molecular weight is 415 g/mol. The molecule has 0 radical (unpaired) electrons. The van der Waals surface area contributed by atoms with E-state index in [1.807, 2.05) is 31.2 Å². The molecule has 0 saturated carbocycles. The molecule has 31 heavy (non-hydrogen) atoms. The van der Waals surface area contributed by atoms with Crippen LogP contribution in [0.25, 0.3) is 0 Å². The van der Waals surface area contributed by atoms with Crippen molar-refractivity contribution in [3.8, 4) is 23.3 Å². The highest BCUT2D eigenvalue weighted by Crippen LogP contribution is 2.30. The van der Waals surface area contributed by atoms with E-state index >= 15 is 0 Å². The van der Waals surface area contributed by atoms with E-state index in [2.05, 4.69) is 15.3 Å². The molecule has 3 aromatic carbocycles. The molecular formula is C24H18FN3O3. The summed E-state index contributed by atoms with van der Waals surface area (Å²) in [6, 6.07) is 19.6. The fraction of sp³-hybridized carbons (Fsp3) is 0.0417. The summed E-state index contributed by atoms with van der Waals surface area (Å²) in [5.74, 6) is 0.822. The number of anilines is 1. The van der Waals surface area contributed by atoms with Crippen molar-refractivity contribution in [2.75, 3.05) is 5.32 Å². The molecule has 0 spiro atoms. The smallest absolute Gasteiger partial charge is 0.284 e. The Balaban J connectivity index is 1.45. The van der Waals surface area contributed by atoms with Crippen molar-refractivity contribution in [1.29, 1.82) is 0 Å². The van der Waals surface area contributed by atoms with Crippen molar-refractivity contribution >= 4 is 11.6 Å². The molecule has 0 aliphatic heterocycles. The lowest BCUT2D eigenvalue weighted by atomic mass is 10.2. The van der Waals surface area contributed by atoms with Crippen molar-refractivity contribution in [2.24, 2.45) is 0 Å². The van der Waals surface area contributed by atoms with Crippen LogP contribution in [0.3, 0.4) is 0 Å². The van der Waals surface area contributed by atoms with Crippen LogP contribution in [0.1, 0.15) is 15.9 Å². The fourth-order valence-corrected chi connectivity index (χ4v) is 2.69. The zero-order valence-corrected chi connectivity index (χ0v) is 16.6. The molecule has 0 saturated heterocycles. The maximum atomic E-state index is 13.0. The molecule has 1 N–H and O–H groups in total. The van der Waals surface area contributed by atoms with Gasteiger partial charge in [0.15, 0.2) is 0 Å². The van der Waals surface area contributed by atoms with Gasteiger partial charge in [0.1, 0.15) is 17.3 Å². The predicted molar refractivity (Wildman–Crippen MR) is 114 cm³/mol. The van der Waals surface area contributed by atoms with E-state index in [0.29, 0.717) is 22.7 Å². The van der Waals surface area contributed by atoms with Gasteiger partial charge in [0.05, 0.1) is 0 Å². The van der Waals surface area contributed by atoms with Crippen LogP contribution in [0.5, 0.6) is 23.3 Å². The van der Waals surface area contributed by atoms with Gasteiger partial charge < -0.3 is 14.8 Å². The minimum atomic E-state index is -0.366. The number of nitrogens with zero attached hydrogens (tertiary/aromatic N) is 2. The molecule has 0 aliphatic rings. The number of nitrogens with one attached hydrogen (secondary N) is 1. The number of ether oxygens (including phenoxy) is 2. The number of aryl methyl sites for hydroxylation is 1. The lowest BCUT2D eigenvalue weighted by Gasteiger charge is -2.10. The van der Waals surface area contributed by atoms with Crippen LogP contribution in [0.15, 0.2) is 85.2 Å². The minimum absolute atomic E-state index is 0.201. The second-order valence-corrected chi connectivity index (χ2v) is 6.67. The minimum Gasteiger partial charge on any atom is -0.435 e. The monoisotopic (exact) mass is 415 g/mol. The van der Waals surface area contributed by atoms with Crippen LogP contribution in [-0.2, 0) is 0 Å². The van der Waals surface area contributed by atoms with E-state index in [0.717, 1.165) is 5.56 Å². The first kappa shape index (κ1) is 20.0. The normalized spacial score (nSPS) is 10.4. The van der Waals surface area contributed by atoms with E-state index < -0.39 is 0 Å². The van der Waals surface area contributed by atoms with Crippen LogP contribution >= 0.6 is 0 Å². The summed E-state index contributed by atoms with van der Waals surface area (Å²) in [7, 11) is 0. The van der Waals surface area contributed by atoms with Crippen molar-refractivity contribution in [1.82, 2.24) is 9.97 Å². The van der Waals surface area contributed by atoms with E-state index in [4.69, 9.17) is 9.47 Å². The summed E-state index contributed by atoms with van der Waals surface area (Å²) in [5, 5.41) is 2.71. The average Bonchev–Trinajstić information content (AvgIpc) is 2.79. The molecule has 4 rings (SSSR count). The second kappa shape index (κ2) is 9.04. The number of rotatable bonds is 6. The summed E-state index contributed by atoms with van der Waals surface area (Å²) in [6.45, 7) is 1.99. The van der Waals surface area contributed by atoms with Crippen molar-refractivity contribution in [3.63, 3.8) is 0 Å². The van der Waals surface area contributed by atoms with Crippen LogP contribution in [0.4, 0.5) is 10.1 Å². The van der Waals surface area contributed by atoms with Gasteiger partial charge >= 0.3 is 0 Å². The first-order chi connectivity index (χ1) is 15.1. The van der Waals surface area contributed by atoms with Crippen molar-refractivity contribution in [2.45, 2.75) is 6.92 Å². The molecule has 6 nitrogen and oxygen atoms in total. The van der Waals surface area contributed by atoms with Gasteiger partial charge in [0.2, 0.25) is 0 Å². The fourth-order valence-electron chi connectivity index (χ4n) is 2.69. The largest absolute Gasteiger partial charge is 0.435 e. The quantitative estimate of drug-likeness (QED) is 0.433. The molecule has 1 amide bonds. The number of hydrogen-bond donors (Lipinski definition) is 1. The topological polar surface area (TPSA) is 73.3 Å². The number of amides is 1. The molecule has 4 aromatic rings. The van der Waals surface area contributed by atoms with Crippen molar-refractivity contribution < 1.29 is 18.7 Å². The van der Waals surface area contributed by atoms with Gasteiger partial charge in [-0.25, -0.2) is 14.4 Å². The molecule has 1 aromatic heterocycles. The summed E-state index contributed by atoms with van der Waals surface area (Å²) in [6.07, 6.45) is 3.01. The molecule has 0 bridgehead atoms. The molecule has 0 unspecified atom stereocenters. The molecular weight excluding hydrogens is 397 g/mol. The SMILES string of the molecule is Cc1ccc(Oc2nccnc2Oc2ccc(C(=O)Nc3ccc(F)cc3)cc2)cc1. The number of carbonyl (C=O) groups is 1. The van der Waals surface area contributed by atoms with Crippen LogP contribution in [0, 0.1) is 12.7 Å². The highest BCUT2D eigenvalue weighted by molar-refractivity contribution is 6.04. The molecule has 0 atom stereocenters. The third-order valence-electron chi connectivity index (χ3n) is 4.30. The van der Waals surface area contributed by atoms with Gasteiger partial charge in [-0.2, -0.15) is 0 Å². The lowest BCUT2D eigenvalue weighted by molar-refractivity contribution is 0.102. The summed E-state index contributed by atoms with van der Waals surface area (Å²) >= 11 is 0. The number of benzene rings is 3. The molecule has 1 heterocycles. The van der Waals surface area contributed by atoms with Gasteiger partial charge in [-0.1, -0.05) is 17.7 Å². The van der Waals surface area contributed by atoms with Gasteiger partial charge in [0, 0.05) is 23.6 Å². The standard InChI is InChI=1S/C24H18FN3O3/c1-16-2-10-20(11-3-16)30-23-24(27-15-14-26-23)31-21-12-4-17(5-13-21)22(29)28-19-8-6-18(25)7-9-19/h2-15H,1H3,(H,28,29). The van der Waals surface area contributed by atoms with Crippen LogP contribution in [0.2, 0.25) is 0 Å². The highest BCUT2D eigenvalue weighted by atomic mass is 19.1. The first-order valence-electron chi connectivity index (χ1n) is 9.47. The van der Waals surface area contributed by atoms with Crippen LogP contribution in [-0.4, -0.2) is 15.9 Å². The molecule has 0 aliphatic carbocycles. The van der Waals surface area contributed by atoms with Gasteiger partial charge in [-0.05, 0) is 67.6 Å². The summed E-state index contributed by atoms with van der Waals surface area (Å²) < 4.78 is 24.6. The van der Waals surface area contributed by atoms with E-state index in [9.17, 15) is 9.18 Å². The number of carbonyl (C=O) groups excluding carboxylic acids is 1. The van der Waals surface area contributed by atoms with Gasteiger partial charge in [0.25, 0.3) is 17.7 Å². The maximum Gasteiger partial charge on any atom is 0.284 e. The van der Waals surface area contributed by atoms with Crippen molar-refractivity contribution in [3.05, 3.63) is 102 Å². The Bertz CT molecular complexity index is 1180. The second-order valence-electron chi connectivity index (χ2n) is 6.67. The lowest BCUT2D eigenvalue weighted by Crippen LogP contribution is -2.11. The van der Waals surface area contributed by atoms with E-state index in [1.165, 1.54) is 36.7 Å². The zero-order chi connectivity index (χ0) is 21.6. The number of halogens is 1. The Labute approximate surface area is 178 Å². The third-order valence-corrected chi connectivity index (χ3v) is 4.30. The Kier molecular flexibility index (Phi) is 5.84. The Morgan fingerprint density at radius 3 is 1.84 bits per heavy atom. The van der Waals surface area contributed by atoms with E-state index in [1.54, 1.807) is 24.3 Å². The number of hydrogen-bond acceptors (Lipinski definition) is 5. The highest BCUT2D eigenvalue weighted by Gasteiger charge is 2.12. The molecule has 7 heteroatoms. The first-order valence-corrected chi connectivity index (χ1v) is 9.47. The van der Waals surface area contributed by atoms with Gasteiger partial charge in [-0.3, -0.25) is 4.79 Å². The number of aromatic nitrogens is 2. The Hall–Kier alpha value is -4.26. The maximum absolute atomic E-state index is 13.0. The van der Waals surface area contributed by atoms with Crippen LogP contribution < -0.4 is 14.8 Å². The third kappa shape index (κ3) is 5.22. The molecule has 154 valence electrons. The zero-order valence-electron chi connectivity index (χ0n) is 16.6. The predicted octanol–water partition coefficient (Wildman–Crippen LogP) is 5.76. The van der Waals surface area contributed by atoms with Gasteiger partial charge in [-0.15, -0.1) is 0 Å². The molecule has 0 fully saturated rings.